The molecule has 1 aromatic rings. The van der Waals surface area contributed by atoms with E-state index in [1.165, 1.54) is 6.07 Å². The van der Waals surface area contributed by atoms with Gasteiger partial charge in [0.05, 0.1) is 6.61 Å². The number of nitrogens with two attached hydrogens (primary N) is 1. The smallest absolute Gasteiger partial charge is 0.165 e. The van der Waals surface area contributed by atoms with Crippen molar-refractivity contribution in [3.05, 3.63) is 29.6 Å². The molecular weight excluding hydrogens is 193 g/mol. The summed E-state index contributed by atoms with van der Waals surface area (Å²) in [6.07, 6.45) is 0. The molecule has 0 radical (unpaired) electrons. The fraction of sp³-hybridized carbons (Fsp3) is 0.500. The van der Waals surface area contributed by atoms with Crippen LogP contribution in [-0.4, -0.2) is 13.2 Å². The zero-order valence-corrected chi connectivity index (χ0v) is 9.51. The van der Waals surface area contributed by atoms with Crippen molar-refractivity contribution in [3.63, 3.8) is 0 Å². The molecule has 0 saturated carbocycles. The van der Waals surface area contributed by atoms with Gasteiger partial charge in [-0.3, -0.25) is 0 Å². The molecule has 0 saturated heterocycles. The van der Waals surface area contributed by atoms with Crippen molar-refractivity contribution in [2.45, 2.75) is 26.2 Å². The van der Waals surface area contributed by atoms with Crippen LogP contribution in [0.3, 0.4) is 0 Å². The van der Waals surface area contributed by atoms with Gasteiger partial charge in [0.25, 0.3) is 0 Å². The van der Waals surface area contributed by atoms with Crippen LogP contribution < -0.4 is 10.5 Å². The van der Waals surface area contributed by atoms with Crippen LogP contribution in [0.4, 0.5) is 4.39 Å². The largest absolute Gasteiger partial charge is 0.491 e. The first-order valence-corrected chi connectivity index (χ1v) is 5.14. The summed E-state index contributed by atoms with van der Waals surface area (Å²) in [5.41, 5.74) is 6.32. The van der Waals surface area contributed by atoms with E-state index in [2.05, 4.69) is 0 Å². The van der Waals surface area contributed by atoms with Gasteiger partial charge in [0.1, 0.15) is 0 Å². The van der Waals surface area contributed by atoms with Crippen molar-refractivity contribution in [3.8, 4) is 5.75 Å². The van der Waals surface area contributed by atoms with Gasteiger partial charge in [-0.1, -0.05) is 19.9 Å². The van der Waals surface area contributed by atoms with E-state index in [1.807, 2.05) is 26.8 Å². The van der Waals surface area contributed by atoms with Gasteiger partial charge in [0, 0.05) is 12.0 Å². The van der Waals surface area contributed by atoms with Crippen molar-refractivity contribution in [2.75, 3.05) is 13.2 Å². The predicted octanol–water partition coefficient (Wildman–Crippen LogP) is 2.46. The lowest BCUT2D eigenvalue weighted by molar-refractivity contribution is 0.321. The highest BCUT2D eigenvalue weighted by molar-refractivity contribution is 5.33. The first-order valence-electron chi connectivity index (χ1n) is 5.14. The predicted molar refractivity (Wildman–Crippen MR) is 59.6 cm³/mol. The van der Waals surface area contributed by atoms with E-state index in [1.54, 1.807) is 6.07 Å². The van der Waals surface area contributed by atoms with E-state index in [0.29, 0.717) is 18.9 Å². The zero-order valence-electron chi connectivity index (χ0n) is 9.51. The summed E-state index contributed by atoms with van der Waals surface area (Å²) in [6.45, 7) is 6.76. The Morgan fingerprint density at radius 3 is 2.53 bits per heavy atom. The minimum atomic E-state index is -0.323. The summed E-state index contributed by atoms with van der Waals surface area (Å²) in [5.74, 6) is -0.0232. The number of rotatable bonds is 4. The molecule has 1 aromatic carbocycles. The van der Waals surface area contributed by atoms with Gasteiger partial charge in [-0.2, -0.15) is 0 Å². The number of halogens is 1. The number of hydrogen-bond acceptors (Lipinski definition) is 2. The second kappa shape index (κ2) is 4.62. The molecule has 1 rings (SSSR count). The van der Waals surface area contributed by atoms with Crippen molar-refractivity contribution in [1.82, 2.24) is 0 Å². The Hall–Kier alpha value is -1.09. The van der Waals surface area contributed by atoms with Crippen LogP contribution in [-0.2, 0) is 5.41 Å². The molecule has 3 heteroatoms. The normalized spacial score (nSPS) is 11.5. The van der Waals surface area contributed by atoms with E-state index in [-0.39, 0.29) is 11.2 Å². The van der Waals surface area contributed by atoms with E-state index in [0.717, 1.165) is 5.56 Å². The topological polar surface area (TPSA) is 35.2 Å². The van der Waals surface area contributed by atoms with Gasteiger partial charge in [-0.15, -0.1) is 0 Å². The fourth-order valence-corrected chi connectivity index (χ4v) is 1.31. The molecule has 0 aliphatic rings. The Bertz CT molecular complexity index is 336. The average molecular weight is 211 g/mol. The second-order valence-corrected chi connectivity index (χ2v) is 4.17. The van der Waals surface area contributed by atoms with Gasteiger partial charge >= 0.3 is 0 Å². The SMILES string of the molecule is CCOc1ccc(C(C)(C)CN)cc1F. The number of ether oxygens (including phenoxy) is 1. The van der Waals surface area contributed by atoms with Crippen molar-refractivity contribution < 1.29 is 9.13 Å². The molecule has 0 aliphatic heterocycles. The van der Waals surface area contributed by atoms with Crippen LogP contribution in [0.5, 0.6) is 5.75 Å². The maximum absolute atomic E-state index is 13.5. The summed E-state index contributed by atoms with van der Waals surface area (Å²) < 4.78 is 18.7. The summed E-state index contributed by atoms with van der Waals surface area (Å²) in [5, 5.41) is 0. The third kappa shape index (κ3) is 2.69. The molecular formula is C12H18FNO. The van der Waals surface area contributed by atoms with Crippen molar-refractivity contribution in [2.24, 2.45) is 5.73 Å². The Kier molecular flexibility index (Phi) is 3.69. The monoisotopic (exact) mass is 211 g/mol. The van der Waals surface area contributed by atoms with Crippen molar-refractivity contribution in [1.29, 1.82) is 0 Å². The highest BCUT2D eigenvalue weighted by Crippen LogP contribution is 2.26. The van der Waals surface area contributed by atoms with E-state index in [9.17, 15) is 4.39 Å². The van der Waals surface area contributed by atoms with Crippen LogP contribution in [0.25, 0.3) is 0 Å². The number of hydrogen-bond donors (Lipinski definition) is 1. The molecule has 84 valence electrons. The van der Waals surface area contributed by atoms with E-state index >= 15 is 0 Å². The third-order valence-corrected chi connectivity index (χ3v) is 2.52. The van der Waals surface area contributed by atoms with Gasteiger partial charge in [0.15, 0.2) is 11.6 Å². The van der Waals surface area contributed by atoms with Gasteiger partial charge in [0.2, 0.25) is 0 Å². The maximum Gasteiger partial charge on any atom is 0.165 e. The van der Waals surface area contributed by atoms with Crippen LogP contribution in [0, 0.1) is 5.82 Å². The summed E-state index contributed by atoms with van der Waals surface area (Å²) in [6, 6.07) is 5.02. The highest BCUT2D eigenvalue weighted by Gasteiger charge is 2.19. The molecule has 15 heavy (non-hydrogen) atoms. The third-order valence-electron chi connectivity index (χ3n) is 2.52. The molecule has 0 bridgehead atoms. The number of benzene rings is 1. The van der Waals surface area contributed by atoms with Gasteiger partial charge < -0.3 is 10.5 Å². The Labute approximate surface area is 90.2 Å². The Balaban J connectivity index is 3.01. The van der Waals surface area contributed by atoms with Crippen LogP contribution >= 0.6 is 0 Å². The molecule has 0 fully saturated rings. The van der Waals surface area contributed by atoms with Crippen LogP contribution in [0.1, 0.15) is 26.3 Å². The fourth-order valence-electron chi connectivity index (χ4n) is 1.31. The van der Waals surface area contributed by atoms with E-state index < -0.39 is 0 Å². The molecule has 0 amide bonds. The standard InChI is InChI=1S/C12H18FNO/c1-4-15-11-6-5-9(7-10(11)13)12(2,3)8-14/h5-7H,4,8,14H2,1-3H3. The quantitative estimate of drug-likeness (QED) is 0.830. The molecule has 0 spiro atoms. The Morgan fingerprint density at radius 1 is 1.40 bits per heavy atom. The minimum Gasteiger partial charge on any atom is -0.491 e. The van der Waals surface area contributed by atoms with Gasteiger partial charge in [-0.05, 0) is 24.6 Å². The molecule has 0 atom stereocenters. The van der Waals surface area contributed by atoms with Crippen molar-refractivity contribution >= 4 is 0 Å². The Morgan fingerprint density at radius 2 is 2.07 bits per heavy atom. The highest BCUT2D eigenvalue weighted by atomic mass is 19.1. The molecule has 2 nitrogen and oxygen atoms in total. The molecule has 0 unspecified atom stereocenters. The summed E-state index contributed by atoms with van der Waals surface area (Å²) in [4.78, 5) is 0. The summed E-state index contributed by atoms with van der Waals surface area (Å²) in [7, 11) is 0. The molecule has 2 N–H and O–H groups in total. The molecule has 0 aromatic heterocycles. The first-order chi connectivity index (χ1) is 7.01. The second-order valence-electron chi connectivity index (χ2n) is 4.17. The van der Waals surface area contributed by atoms with Crippen LogP contribution in [0.15, 0.2) is 18.2 Å². The first kappa shape index (κ1) is 12.0. The lowest BCUT2D eigenvalue weighted by atomic mass is 9.85. The maximum atomic E-state index is 13.5. The lowest BCUT2D eigenvalue weighted by Crippen LogP contribution is -2.28. The summed E-state index contributed by atoms with van der Waals surface area (Å²) >= 11 is 0. The van der Waals surface area contributed by atoms with Gasteiger partial charge in [-0.25, -0.2) is 4.39 Å². The molecule has 0 heterocycles. The van der Waals surface area contributed by atoms with Crippen LogP contribution in [0.2, 0.25) is 0 Å². The zero-order chi connectivity index (χ0) is 11.5. The average Bonchev–Trinajstić information content (AvgIpc) is 2.21. The lowest BCUT2D eigenvalue weighted by Gasteiger charge is -2.23. The van der Waals surface area contributed by atoms with E-state index in [4.69, 9.17) is 10.5 Å². The minimum absolute atomic E-state index is 0.203. The molecule has 0 aliphatic carbocycles.